The Morgan fingerprint density at radius 1 is 1.36 bits per heavy atom. The van der Waals surface area contributed by atoms with Crippen molar-refractivity contribution >= 4 is 5.84 Å². The number of nitrogens with zero attached hydrogens (tertiary/aromatic N) is 1. The van der Waals surface area contributed by atoms with Gasteiger partial charge in [0.25, 0.3) is 0 Å². The maximum atomic E-state index is 5.75. The number of rotatable bonds is 3. The van der Waals surface area contributed by atoms with Crippen molar-refractivity contribution in [3.05, 3.63) is 35.4 Å². The number of hydrogen-bond donors (Lipinski definition) is 3. The van der Waals surface area contributed by atoms with Gasteiger partial charge in [-0.3, -0.25) is 0 Å². The van der Waals surface area contributed by atoms with Gasteiger partial charge in [0.2, 0.25) is 0 Å². The number of nitrogens with one attached hydrogen (secondary N) is 1. The molecular formula is C10H16N4. The van der Waals surface area contributed by atoms with E-state index in [1.165, 1.54) is 5.56 Å². The summed E-state index contributed by atoms with van der Waals surface area (Å²) >= 11 is 0. The van der Waals surface area contributed by atoms with Gasteiger partial charge in [-0.25, -0.2) is 11.4 Å². The summed E-state index contributed by atoms with van der Waals surface area (Å²) in [7, 11) is 0. The Morgan fingerprint density at radius 2 is 2.00 bits per heavy atom. The van der Waals surface area contributed by atoms with Crippen LogP contribution in [0, 0.1) is 0 Å². The Morgan fingerprint density at radius 3 is 2.57 bits per heavy atom. The molecule has 0 spiro atoms. The predicted octanol–water partition coefficient (Wildman–Crippen LogP) is 0.894. The van der Waals surface area contributed by atoms with Gasteiger partial charge in [-0.2, -0.15) is 0 Å². The lowest BCUT2D eigenvalue weighted by Crippen LogP contribution is -2.24. The van der Waals surface area contributed by atoms with E-state index in [2.05, 4.69) is 24.5 Å². The molecule has 0 radical (unpaired) electrons. The van der Waals surface area contributed by atoms with Gasteiger partial charge < -0.3 is 5.73 Å². The molecule has 0 bridgehead atoms. The SMILES string of the molecule is CC(C)c1ccccc1/C(N)=N/NN. The lowest BCUT2D eigenvalue weighted by atomic mass is 9.97. The molecule has 1 rings (SSSR count). The number of hydrogen-bond acceptors (Lipinski definition) is 3. The number of amidine groups is 1. The second kappa shape index (κ2) is 4.62. The number of hydrazone groups is 1. The second-order valence-electron chi connectivity index (χ2n) is 3.37. The maximum Gasteiger partial charge on any atom is 0.152 e. The molecule has 0 aliphatic rings. The Balaban J connectivity index is 3.13. The summed E-state index contributed by atoms with van der Waals surface area (Å²) < 4.78 is 0. The molecule has 76 valence electrons. The van der Waals surface area contributed by atoms with Crippen LogP contribution in [0.5, 0.6) is 0 Å². The van der Waals surface area contributed by atoms with Crippen LogP contribution in [0.4, 0.5) is 0 Å². The first-order valence-corrected chi connectivity index (χ1v) is 4.55. The Labute approximate surface area is 84.0 Å². The summed E-state index contributed by atoms with van der Waals surface area (Å²) in [6, 6.07) is 7.90. The number of nitrogens with two attached hydrogens (primary N) is 2. The van der Waals surface area contributed by atoms with E-state index in [9.17, 15) is 0 Å². The highest BCUT2D eigenvalue weighted by Crippen LogP contribution is 2.18. The summed E-state index contributed by atoms with van der Waals surface area (Å²) in [6.45, 7) is 4.23. The number of benzene rings is 1. The second-order valence-corrected chi connectivity index (χ2v) is 3.37. The first kappa shape index (κ1) is 10.5. The van der Waals surface area contributed by atoms with Gasteiger partial charge in [0.05, 0.1) is 0 Å². The van der Waals surface area contributed by atoms with Crippen LogP contribution in [-0.4, -0.2) is 5.84 Å². The monoisotopic (exact) mass is 192 g/mol. The van der Waals surface area contributed by atoms with Crippen LogP contribution >= 0.6 is 0 Å². The predicted molar refractivity (Wildman–Crippen MR) is 58.6 cm³/mol. The van der Waals surface area contributed by atoms with E-state index < -0.39 is 0 Å². The minimum absolute atomic E-state index is 0.414. The van der Waals surface area contributed by atoms with Crippen LogP contribution in [-0.2, 0) is 0 Å². The zero-order valence-corrected chi connectivity index (χ0v) is 8.49. The minimum atomic E-state index is 0.414. The molecule has 5 N–H and O–H groups in total. The Bertz CT molecular complexity index is 331. The van der Waals surface area contributed by atoms with Gasteiger partial charge in [0.1, 0.15) is 0 Å². The zero-order chi connectivity index (χ0) is 10.6. The summed E-state index contributed by atoms with van der Waals surface area (Å²) in [5.41, 5.74) is 10.0. The van der Waals surface area contributed by atoms with Gasteiger partial charge in [-0.1, -0.05) is 38.1 Å². The molecule has 0 aliphatic heterocycles. The molecule has 4 nitrogen and oxygen atoms in total. The van der Waals surface area contributed by atoms with Gasteiger partial charge in [-0.05, 0) is 11.5 Å². The van der Waals surface area contributed by atoms with E-state index in [4.69, 9.17) is 11.6 Å². The molecular weight excluding hydrogens is 176 g/mol. The van der Waals surface area contributed by atoms with Crippen LogP contribution < -0.4 is 17.1 Å². The van der Waals surface area contributed by atoms with Crippen molar-refractivity contribution in [3.63, 3.8) is 0 Å². The summed E-state index contributed by atoms with van der Waals surface area (Å²) in [5, 5.41) is 3.76. The fourth-order valence-corrected chi connectivity index (χ4v) is 1.36. The quantitative estimate of drug-likeness (QED) is 0.288. The van der Waals surface area contributed by atoms with Crippen molar-refractivity contribution in [1.29, 1.82) is 0 Å². The lowest BCUT2D eigenvalue weighted by molar-refractivity contribution is 0.801. The van der Waals surface area contributed by atoms with Crippen molar-refractivity contribution in [1.82, 2.24) is 5.53 Å². The third kappa shape index (κ3) is 2.23. The maximum absolute atomic E-state index is 5.75. The molecule has 0 atom stereocenters. The normalized spacial score (nSPS) is 11.9. The van der Waals surface area contributed by atoms with Crippen LogP contribution in [0.3, 0.4) is 0 Å². The lowest BCUT2D eigenvalue weighted by Gasteiger charge is -2.11. The van der Waals surface area contributed by atoms with E-state index in [1.54, 1.807) is 0 Å². The molecule has 0 aromatic heterocycles. The van der Waals surface area contributed by atoms with Gasteiger partial charge in [0.15, 0.2) is 5.84 Å². The molecule has 0 amide bonds. The number of hydrazine groups is 1. The molecule has 0 saturated heterocycles. The van der Waals surface area contributed by atoms with Crippen LogP contribution in [0.25, 0.3) is 0 Å². The van der Waals surface area contributed by atoms with Crippen molar-refractivity contribution in [3.8, 4) is 0 Å². The molecule has 0 heterocycles. The fraction of sp³-hybridized carbons (Fsp3) is 0.300. The van der Waals surface area contributed by atoms with E-state index in [0.717, 1.165) is 5.56 Å². The van der Waals surface area contributed by atoms with Crippen LogP contribution in [0.15, 0.2) is 29.4 Å². The van der Waals surface area contributed by atoms with E-state index >= 15 is 0 Å². The smallest absolute Gasteiger partial charge is 0.152 e. The zero-order valence-electron chi connectivity index (χ0n) is 8.49. The fourth-order valence-electron chi connectivity index (χ4n) is 1.36. The molecule has 14 heavy (non-hydrogen) atoms. The molecule has 0 fully saturated rings. The average molecular weight is 192 g/mol. The first-order valence-electron chi connectivity index (χ1n) is 4.55. The van der Waals surface area contributed by atoms with Crippen molar-refractivity contribution < 1.29 is 0 Å². The van der Waals surface area contributed by atoms with Crippen LogP contribution in [0.2, 0.25) is 0 Å². The molecule has 0 saturated carbocycles. The van der Waals surface area contributed by atoms with Crippen LogP contribution in [0.1, 0.15) is 30.9 Å². The molecule has 4 heteroatoms. The van der Waals surface area contributed by atoms with E-state index in [-0.39, 0.29) is 0 Å². The standard InChI is InChI=1S/C10H16N4/c1-7(2)8-5-3-4-6-9(8)10(11)13-14-12/h3-7,14H,12H2,1-2H3,(H2,11,13). The third-order valence-corrected chi connectivity index (χ3v) is 2.04. The van der Waals surface area contributed by atoms with Crippen molar-refractivity contribution in [2.45, 2.75) is 19.8 Å². The third-order valence-electron chi connectivity index (χ3n) is 2.04. The van der Waals surface area contributed by atoms with Crippen molar-refractivity contribution in [2.75, 3.05) is 0 Å². The average Bonchev–Trinajstić information content (AvgIpc) is 2.18. The minimum Gasteiger partial charge on any atom is -0.382 e. The largest absolute Gasteiger partial charge is 0.382 e. The topological polar surface area (TPSA) is 76.4 Å². The molecule has 1 aromatic rings. The molecule has 0 unspecified atom stereocenters. The highest BCUT2D eigenvalue weighted by Gasteiger charge is 2.08. The molecule has 1 aromatic carbocycles. The highest BCUT2D eigenvalue weighted by atomic mass is 15.5. The Kier molecular flexibility index (Phi) is 3.48. The summed E-state index contributed by atoms with van der Waals surface area (Å²) in [4.78, 5) is 0. The van der Waals surface area contributed by atoms with Gasteiger partial charge in [0, 0.05) is 5.56 Å². The first-order chi connectivity index (χ1) is 6.66. The molecule has 0 aliphatic carbocycles. The van der Waals surface area contributed by atoms with Gasteiger partial charge >= 0.3 is 0 Å². The Hall–Kier alpha value is -1.55. The highest BCUT2D eigenvalue weighted by molar-refractivity contribution is 5.98. The van der Waals surface area contributed by atoms with E-state index in [1.807, 2.05) is 24.3 Å². The van der Waals surface area contributed by atoms with Gasteiger partial charge in [-0.15, -0.1) is 5.10 Å². The van der Waals surface area contributed by atoms with Crippen molar-refractivity contribution in [2.24, 2.45) is 16.7 Å². The summed E-state index contributed by atoms with van der Waals surface area (Å²) in [5.74, 6) is 5.90. The summed E-state index contributed by atoms with van der Waals surface area (Å²) in [6.07, 6.45) is 0. The van der Waals surface area contributed by atoms with E-state index in [0.29, 0.717) is 11.8 Å².